The fourth-order valence-electron chi connectivity index (χ4n) is 4.14. The number of hydrogen-bond acceptors (Lipinski definition) is 3. The first-order valence-corrected chi connectivity index (χ1v) is 7.42. The van der Waals surface area contributed by atoms with Gasteiger partial charge in [-0.15, -0.1) is 0 Å². The lowest BCUT2D eigenvalue weighted by Gasteiger charge is -2.34. The van der Waals surface area contributed by atoms with Crippen LogP contribution >= 0.6 is 0 Å². The van der Waals surface area contributed by atoms with Gasteiger partial charge in [0.1, 0.15) is 0 Å². The van der Waals surface area contributed by atoms with E-state index in [4.69, 9.17) is 10.5 Å². The Morgan fingerprint density at radius 3 is 2.84 bits per heavy atom. The number of carbonyl (C=O) groups excluding carboxylic acids is 1. The van der Waals surface area contributed by atoms with Gasteiger partial charge in [-0.25, -0.2) is 0 Å². The van der Waals surface area contributed by atoms with Crippen molar-refractivity contribution in [2.24, 2.45) is 23.5 Å². The molecular weight excluding hydrogens is 240 g/mol. The van der Waals surface area contributed by atoms with Gasteiger partial charge in [0.25, 0.3) is 0 Å². The molecule has 4 nitrogen and oxygen atoms in total. The summed E-state index contributed by atoms with van der Waals surface area (Å²) in [5.41, 5.74) is 7.57. The molecule has 2 saturated carbocycles. The lowest BCUT2D eigenvalue weighted by atomic mass is 9.83. The number of methoxy groups -OCH3 is 1. The van der Waals surface area contributed by atoms with Crippen molar-refractivity contribution in [1.82, 2.24) is 4.90 Å². The Morgan fingerprint density at radius 2 is 2.26 bits per heavy atom. The van der Waals surface area contributed by atoms with E-state index in [2.05, 4.69) is 6.08 Å². The van der Waals surface area contributed by atoms with Gasteiger partial charge < -0.3 is 15.4 Å². The first-order valence-electron chi connectivity index (χ1n) is 7.42. The lowest BCUT2D eigenvalue weighted by molar-refractivity contribution is -0.137. The van der Waals surface area contributed by atoms with Crippen molar-refractivity contribution in [3.05, 3.63) is 11.6 Å². The maximum Gasteiger partial charge on any atom is 0.227 e. The van der Waals surface area contributed by atoms with Gasteiger partial charge in [-0.3, -0.25) is 4.79 Å². The van der Waals surface area contributed by atoms with Crippen LogP contribution in [-0.4, -0.2) is 43.7 Å². The summed E-state index contributed by atoms with van der Waals surface area (Å²) >= 11 is 0. The van der Waals surface area contributed by atoms with Gasteiger partial charge in [0.15, 0.2) is 0 Å². The average Bonchev–Trinajstić information content (AvgIpc) is 3.00. The summed E-state index contributed by atoms with van der Waals surface area (Å²) < 4.78 is 5.14. The summed E-state index contributed by atoms with van der Waals surface area (Å²) in [4.78, 5) is 14.6. The minimum absolute atomic E-state index is 0.0936. The number of rotatable bonds is 3. The Morgan fingerprint density at radius 1 is 1.47 bits per heavy atom. The van der Waals surface area contributed by atoms with Crippen LogP contribution in [0.15, 0.2) is 11.6 Å². The van der Waals surface area contributed by atoms with Gasteiger partial charge in [-0.2, -0.15) is 0 Å². The molecule has 3 rings (SSSR count). The van der Waals surface area contributed by atoms with Crippen LogP contribution in [0.1, 0.15) is 25.7 Å². The van der Waals surface area contributed by atoms with Gasteiger partial charge in [0.05, 0.1) is 12.5 Å². The van der Waals surface area contributed by atoms with E-state index in [0.29, 0.717) is 24.3 Å². The first-order chi connectivity index (χ1) is 9.20. The zero-order valence-electron chi connectivity index (χ0n) is 11.7. The Kier molecular flexibility index (Phi) is 3.63. The molecule has 106 valence electrons. The summed E-state index contributed by atoms with van der Waals surface area (Å²) in [5, 5.41) is 0. The standard InChI is InChI=1S/C15H24N2O2/c1-19-9-10-4-6-17(7-5-10)15(18)13-11-2-3-12(8-11)14(13)16/h4,11-14H,2-3,5-9,16H2,1H3. The van der Waals surface area contributed by atoms with Crippen LogP contribution in [0.5, 0.6) is 0 Å². The molecule has 0 spiro atoms. The number of nitrogens with two attached hydrogens (primary N) is 1. The molecule has 2 bridgehead atoms. The predicted octanol–water partition coefficient (Wildman–Crippen LogP) is 1.16. The van der Waals surface area contributed by atoms with Gasteiger partial charge >= 0.3 is 0 Å². The van der Waals surface area contributed by atoms with Crippen molar-refractivity contribution in [1.29, 1.82) is 0 Å². The average molecular weight is 264 g/mol. The van der Waals surface area contributed by atoms with Crippen LogP contribution in [0.2, 0.25) is 0 Å². The van der Waals surface area contributed by atoms with E-state index in [0.717, 1.165) is 19.5 Å². The molecule has 1 heterocycles. The van der Waals surface area contributed by atoms with Crippen LogP contribution in [0.4, 0.5) is 0 Å². The van der Waals surface area contributed by atoms with E-state index < -0.39 is 0 Å². The zero-order chi connectivity index (χ0) is 13.4. The molecule has 2 fully saturated rings. The van der Waals surface area contributed by atoms with E-state index in [9.17, 15) is 4.79 Å². The third-order valence-electron chi connectivity index (χ3n) is 5.21. The molecule has 4 atom stereocenters. The van der Waals surface area contributed by atoms with Crippen molar-refractivity contribution < 1.29 is 9.53 Å². The molecule has 0 saturated heterocycles. The quantitative estimate of drug-likeness (QED) is 0.778. The molecule has 3 aliphatic rings. The number of ether oxygens (including phenoxy) is 1. The summed E-state index contributed by atoms with van der Waals surface area (Å²) in [7, 11) is 1.71. The minimum Gasteiger partial charge on any atom is -0.380 e. The second kappa shape index (κ2) is 5.25. The van der Waals surface area contributed by atoms with E-state index >= 15 is 0 Å². The Bertz CT molecular complexity index is 392. The van der Waals surface area contributed by atoms with Crippen LogP contribution < -0.4 is 5.73 Å². The molecule has 0 radical (unpaired) electrons. The van der Waals surface area contributed by atoms with Crippen LogP contribution in [0.3, 0.4) is 0 Å². The van der Waals surface area contributed by atoms with Gasteiger partial charge in [0.2, 0.25) is 5.91 Å². The van der Waals surface area contributed by atoms with E-state index in [1.165, 1.54) is 24.8 Å². The van der Waals surface area contributed by atoms with E-state index in [1.807, 2.05) is 4.90 Å². The SMILES string of the molecule is COCC1=CCN(C(=O)C2C3CCC(C3)C2N)CC1. The molecule has 0 aromatic rings. The van der Waals surface area contributed by atoms with Gasteiger partial charge in [-0.05, 0) is 43.1 Å². The molecule has 2 N–H and O–H groups in total. The second-order valence-corrected chi connectivity index (χ2v) is 6.27. The molecule has 4 unspecified atom stereocenters. The summed E-state index contributed by atoms with van der Waals surface area (Å²) in [6.07, 6.45) is 6.69. The van der Waals surface area contributed by atoms with Crippen molar-refractivity contribution in [3.8, 4) is 0 Å². The lowest BCUT2D eigenvalue weighted by Crippen LogP contribution is -2.48. The Hall–Kier alpha value is -0.870. The third kappa shape index (κ3) is 2.32. The van der Waals surface area contributed by atoms with Crippen LogP contribution in [0.25, 0.3) is 0 Å². The third-order valence-corrected chi connectivity index (χ3v) is 5.21. The maximum absolute atomic E-state index is 12.7. The Balaban J connectivity index is 1.63. The van der Waals surface area contributed by atoms with Crippen molar-refractivity contribution in [2.75, 3.05) is 26.8 Å². The van der Waals surface area contributed by atoms with Crippen LogP contribution in [-0.2, 0) is 9.53 Å². The molecule has 1 aliphatic heterocycles. The molecular formula is C15H24N2O2. The van der Waals surface area contributed by atoms with Crippen LogP contribution in [0, 0.1) is 17.8 Å². The van der Waals surface area contributed by atoms with Crippen molar-refractivity contribution >= 4 is 5.91 Å². The number of nitrogens with zero attached hydrogens (tertiary/aromatic N) is 1. The molecule has 1 amide bonds. The first kappa shape index (κ1) is 13.1. The topological polar surface area (TPSA) is 55.6 Å². The summed E-state index contributed by atoms with van der Waals surface area (Å²) in [6.45, 7) is 2.25. The van der Waals surface area contributed by atoms with Gasteiger partial charge in [0, 0.05) is 26.2 Å². The fraction of sp³-hybridized carbons (Fsp3) is 0.800. The second-order valence-electron chi connectivity index (χ2n) is 6.27. The monoisotopic (exact) mass is 264 g/mol. The zero-order valence-corrected chi connectivity index (χ0v) is 11.7. The molecule has 0 aromatic heterocycles. The highest BCUT2D eigenvalue weighted by atomic mass is 16.5. The normalized spacial score (nSPS) is 37.6. The number of hydrogen-bond donors (Lipinski definition) is 1. The minimum atomic E-state index is 0.0936. The maximum atomic E-state index is 12.7. The highest BCUT2D eigenvalue weighted by molar-refractivity contribution is 5.81. The Labute approximate surface area is 115 Å². The van der Waals surface area contributed by atoms with E-state index in [-0.39, 0.29) is 12.0 Å². The van der Waals surface area contributed by atoms with E-state index in [1.54, 1.807) is 7.11 Å². The fourth-order valence-corrected chi connectivity index (χ4v) is 4.14. The molecule has 2 aliphatic carbocycles. The van der Waals surface area contributed by atoms with Crippen molar-refractivity contribution in [2.45, 2.75) is 31.7 Å². The molecule has 0 aromatic carbocycles. The smallest absolute Gasteiger partial charge is 0.227 e. The summed E-state index contributed by atoms with van der Waals surface area (Å²) in [6, 6.07) is 0.107. The number of fused-ring (bicyclic) bond motifs is 2. The summed E-state index contributed by atoms with van der Waals surface area (Å²) in [5.74, 6) is 1.55. The van der Waals surface area contributed by atoms with Gasteiger partial charge in [-0.1, -0.05) is 6.08 Å². The number of carbonyl (C=O) groups is 1. The van der Waals surface area contributed by atoms with Crippen molar-refractivity contribution in [3.63, 3.8) is 0 Å². The molecule has 19 heavy (non-hydrogen) atoms. The largest absolute Gasteiger partial charge is 0.380 e. The molecule has 4 heteroatoms. The number of amides is 1. The highest BCUT2D eigenvalue weighted by Crippen LogP contribution is 2.48. The predicted molar refractivity (Wildman–Crippen MR) is 73.5 cm³/mol. The highest BCUT2D eigenvalue weighted by Gasteiger charge is 2.50.